The fourth-order valence-corrected chi connectivity index (χ4v) is 2.95. The van der Waals surface area contributed by atoms with Crippen LogP contribution in [0.3, 0.4) is 0 Å². The minimum Gasteiger partial charge on any atom is -0.370 e. The van der Waals surface area contributed by atoms with Crippen LogP contribution >= 0.6 is 0 Å². The molecule has 0 aromatic rings. The Bertz CT molecular complexity index is 250. The SMILES string of the molecule is CCCNC1(CC(N)=O)CCCCC1(C)C. The predicted molar refractivity (Wildman–Crippen MR) is 67.1 cm³/mol. The van der Waals surface area contributed by atoms with Gasteiger partial charge in [0.2, 0.25) is 5.91 Å². The van der Waals surface area contributed by atoms with Crippen LogP contribution in [0.5, 0.6) is 0 Å². The summed E-state index contributed by atoms with van der Waals surface area (Å²) in [4.78, 5) is 11.3. The number of carbonyl (C=O) groups is 1. The van der Waals surface area contributed by atoms with Crippen molar-refractivity contribution in [3.63, 3.8) is 0 Å². The number of primary amides is 1. The van der Waals surface area contributed by atoms with Crippen molar-refractivity contribution >= 4 is 5.91 Å². The number of rotatable bonds is 5. The van der Waals surface area contributed by atoms with Crippen LogP contribution < -0.4 is 11.1 Å². The molecule has 1 aliphatic carbocycles. The number of nitrogens with two attached hydrogens (primary N) is 1. The highest BCUT2D eigenvalue weighted by atomic mass is 16.1. The van der Waals surface area contributed by atoms with E-state index in [4.69, 9.17) is 5.73 Å². The summed E-state index contributed by atoms with van der Waals surface area (Å²) in [6.45, 7) is 7.65. The summed E-state index contributed by atoms with van der Waals surface area (Å²) in [6, 6.07) is 0. The average Bonchev–Trinajstić information content (AvgIpc) is 2.18. The van der Waals surface area contributed by atoms with Gasteiger partial charge in [-0.1, -0.05) is 33.6 Å². The first-order chi connectivity index (χ1) is 7.43. The highest BCUT2D eigenvalue weighted by Gasteiger charge is 2.46. The molecule has 0 radical (unpaired) electrons. The number of amides is 1. The second-order valence-electron chi connectivity index (χ2n) is 5.74. The third kappa shape index (κ3) is 2.76. The lowest BCUT2D eigenvalue weighted by Gasteiger charge is -2.50. The zero-order valence-electron chi connectivity index (χ0n) is 10.9. The zero-order valence-corrected chi connectivity index (χ0v) is 10.9. The summed E-state index contributed by atoms with van der Waals surface area (Å²) < 4.78 is 0. The minimum absolute atomic E-state index is 0.0763. The number of hydrogen-bond acceptors (Lipinski definition) is 2. The standard InChI is InChI=1S/C13H26N2O/c1-4-9-15-13(10-11(14)16)8-6-5-7-12(13,2)3/h15H,4-10H2,1-3H3,(H2,14,16). The van der Waals surface area contributed by atoms with E-state index in [-0.39, 0.29) is 16.9 Å². The number of hydrogen-bond donors (Lipinski definition) is 2. The molecule has 1 unspecified atom stereocenters. The van der Waals surface area contributed by atoms with Gasteiger partial charge in [0.1, 0.15) is 0 Å². The van der Waals surface area contributed by atoms with Crippen molar-refractivity contribution in [2.75, 3.05) is 6.54 Å². The van der Waals surface area contributed by atoms with E-state index in [0.29, 0.717) is 6.42 Å². The zero-order chi connectivity index (χ0) is 12.2. The molecule has 0 aliphatic heterocycles. The molecule has 0 saturated heterocycles. The first-order valence-corrected chi connectivity index (χ1v) is 6.47. The third-order valence-electron chi connectivity index (χ3n) is 4.14. The Balaban J connectivity index is 2.85. The first kappa shape index (κ1) is 13.5. The van der Waals surface area contributed by atoms with Crippen molar-refractivity contribution in [2.24, 2.45) is 11.1 Å². The van der Waals surface area contributed by atoms with Gasteiger partial charge in [-0.15, -0.1) is 0 Å². The topological polar surface area (TPSA) is 55.1 Å². The van der Waals surface area contributed by atoms with Gasteiger partial charge in [-0.2, -0.15) is 0 Å². The van der Waals surface area contributed by atoms with Gasteiger partial charge >= 0.3 is 0 Å². The quantitative estimate of drug-likeness (QED) is 0.755. The predicted octanol–water partition coefficient (Wildman–Crippen LogP) is 2.20. The van der Waals surface area contributed by atoms with Gasteiger partial charge < -0.3 is 11.1 Å². The molecule has 0 spiro atoms. The number of carbonyl (C=O) groups excluding carboxylic acids is 1. The molecule has 3 heteroatoms. The van der Waals surface area contributed by atoms with Gasteiger partial charge in [0, 0.05) is 12.0 Å². The molecular weight excluding hydrogens is 200 g/mol. The van der Waals surface area contributed by atoms with E-state index in [2.05, 4.69) is 26.1 Å². The largest absolute Gasteiger partial charge is 0.370 e. The third-order valence-corrected chi connectivity index (χ3v) is 4.14. The smallest absolute Gasteiger partial charge is 0.219 e. The van der Waals surface area contributed by atoms with Crippen molar-refractivity contribution in [3.8, 4) is 0 Å². The second-order valence-corrected chi connectivity index (χ2v) is 5.74. The van der Waals surface area contributed by atoms with Crippen molar-refractivity contribution in [2.45, 2.75) is 64.8 Å². The molecule has 3 nitrogen and oxygen atoms in total. The Kier molecular flexibility index (Phi) is 4.36. The Morgan fingerprint density at radius 3 is 2.44 bits per heavy atom. The summed E-state index contributed by atoms with van der Waals surface area (Å²) in [6.07, 6.45) is 6.28. The molecule has 1 aliphatic rings. The Hall–Kier alpha value is -0.570. The van der Waals surface area contributed by atoms with Crippen LogP contribution in [-0.2, 0) is 4.79 Å². The van der Waals surface area contributed by atoms with Gasteiger partial charge in [0.15, 0.2) is 0 Å². The van der Waals surface area contributed by atoms with Gasteiger partial charge in [0.25, 0.3) is 0 Å². The van der Waals surface area contributed by atoms with Crippen molar-refractivity contribution in [3.05, 3.63) is 0 Å². The molecule has 0 bridgehead atoms. The van der Waals surface area contributed by atoms with Crippen LogP contribution in [0.2, 0.25) is 0 Å². The molecule has 3 N–H and O–H groups in total. The van der Waals surface area contributed by atoms with Crippen molar-refractivity contribution in [1.82, 2.24) is 5.32 Å². The summed E-state index contributed by atoms with van der Waals surface area (Å²) in [5, 5.41) is 3.61. The van der Waals surface area contributed by atoms with Crippen molar-refractivity contribution in [1.29, 1.82) is 0 Å². The van der Waals surface area contributed by atoms with Crippen LogP contribution in [0.25, 0.3) is 0 Å². The van der Waals surface area contributed by atoms with Crippen LogP contribution in [0, 0.1) is 5.41 Å². The Morgan fingerprint density at radius 1 is 1.31 bits per heavy atom. The van der Waals surface area contributed by atoms with Crippen LogP contribution in [0.15, 0.2) is 0 Å². The maximum atomic E-state index is 11.3. The molecule has 1 amide bonds. The molecule has 0 aromatic carbocycles. The summed E-state index contributed by atoms with van der Waals surface area (Å²) in [5.74, 6) is -0.182. The fourth-order valence-electron chi connectivity index (χ4n) is 2.95. The van der Waals surface area contributed by atoms with E-state index in [9.17, 15) is 4.79 Å². The van der Waals surface area contributed by atoms with E-state index in [1.165, 1.54) is 19.3 Å². The highest BCUT2D eigenvalue weighted by molar-refractivity contribution is 5.75. The molecule has 1 atom stereocenters. The molecule has 1 rings (SSSR count). The van der Waals surface area contributed by atoms with E-state index in [0.717, 1.165) is 19.4 Å². The van der Waals surface area contributed by atoms with Crippen LogP contribution in [-0.4, -0.2) is 18.0 Å². The normalized spacial score (nSPS) is 28.9. The molecule has 0 heterocycles. The van der Waals surface area contributed by atoms with Gasteiger partial charge in [0.05, 0.1) is 0 Å². The summed E-state index contributed by atoms with van der Waals surface area (Å²) in [7, 11) is 0. The molecule has 94 valence electrons. The second kappa shape index (κ2) is 5.17. The summed E-state index contributed by atoms with van der Waals surface area (Å²) in [5.41, 5.74) is 5.51. The monoisotopic (exact) mass is 226 g/mol. The van der Waals surface area contributed by atoms with E-state index >= 15 is 0 Å². The van der Waals surface area contributed by atoms with Crippen LogP contribution in [0.1, 0.15) is 59.3 Å². The van der Waals surface area contributed by atoms with E-state index in [1.54, 1.807) is 0 Å². The molecule has 1 saturated carbocycles. The summed E-state index contributed by atoms with van der Waals surface area (Å²) >= 11 is 0. The molecule has 0 aromatic heterocycles. The minimum atomic E-state index is -0.182. The first-order valence-electron chi connectivity index (χ1n) is 6.47. The Labute approximate surface area is 99.2 Å². The van der Waals surface area contributed by atoms with Gasteiger partial charge in [-0.05, 0) is 31.2 Å². The molecule has 16 heavy (non-hydrogen) atoms. The fraction of sp³-hybridized carbons (Fsp3) is 0.923. The van der Waals surface area contributed by atoms with E-state index < -0.39 is 0 Å². The van der Waals surface area contributed by atoms with E-state index in [1.807, 2.05) is 0 Å². The van der Waals surface area contributed by atoms with Gasteiger partial charge in [-0.3, -0.25) is 4.79 Å². The maximum Gasteiger partial charge on any atom is 0.219 e. The molecular formula is C13H26N2O. The lowest BCUT2D eigenvalue weighted by molar-refractivity contribution is -0.121. The maximum absolute atomic E-state index is 11.3. The van der Waals surface area contributed by atoms with Gasteiger partial charge in [-0.25, -0.2) is 0 Å². The van der Waals surface area contributed by atoms with Crippen molar-refractivity contribution < 1.29 is 4.79 Å². The average molecular weight is 226 g/mol. The molecule has 1 fully saturated rings. The lowest BCUT2D eigenvalue weighted by atomic mass is 9.61. The Morgan fingerprint density at radius 2 is 1.94 bits per heavy atom. The lowest BCUT2D eigenvalue weighted by Crippen LogP contribution is -2.59. The van der Waals surface area contributed by atoms with Crippen LogP contribution in [0.4, 0.5) is 0 Å². The highest BCUT2D eigenvalue weighted by Crippen LogP contribution is 2.45. The number of nitrogens with one attached hydrogen (secondary N) is 1.